The van der Waals surface area contributed by atoms with Gasteiger partial charge in [-0.1, -0.05) is 30.3 Å². The van der Waals surface area contributed by atoms with Crippen LogP contribution in [0.1, 0.15) is 18.0 Å². The Hall–Kier alpha value is -2.08. The Morgan fingerprint density at radius 2 is 2.00 bits per heavy atom. The van der Waals surface area contributed by atoms with Gasteiger partial charge in [0.25, 0.3) is 0 Å². The molecule has 2 N–H and O–H groups in total. The molecule has 1 aromatic rings. The zero-order valence-corrected chi connectivity index (χ0v) is 11.7. The Morgan fingerprint density at radius 3 is 2.55 bits per heavy atom. The summed E-state index contributed by atoms with van der Waals surface area (Å²) in [6.07, 6.45) is 0.698. The van der Waals surface area contributed by atoms with Crippen molar-refractivity contribution >= 4 is 12.0 Å². The van der Waals surface area contributed by atoms with Gasteiger partial charge in [0.15, 0.2) is 6.04 Å². The van der Waals surface area contributed by atoms with E-state index < -0.39 is 18.0 Å². The molecule has 6 heteroatoms. The molecule has 1 aromatic carbocycles. The highest BCUT2D eigenvalue weighted by atomic mass is 16.5. The van der Waals surface area contributed by atoms with Gasteiger partial charge in [0.05, 0.1) is 0 Å². The van der Waals surface area contributed by atoms with E-state index in [0.717, 1.165) is 0 Å². The third kappa shape index (κ3) is 4.89. The molecule has 0 saturated carbocycles. The Morgan fingerprint density at radius 1 is 1.35 bits per heavy atom. The number of nitrogens with one attached hydrogen (secondary N) is 1. The molecular formula is C14H20N2O4. The summed E-state index contributed by atoms with van der Waals surface area (Å²) in [6.45, 7) is 1.06. The number of hydrogen-bond donors (Lipinski definition) is 2. The number of carbonyl (C=O) groups is 2. The van der Waals surface area contributed by atoms with Gasteiger partial charge in [-0.3, -0.25) is 0 Å². The third-order valence-corrected chi connectivity index (χ3v) is 2.84. The number of nitrogens with zero attached hydrogens (tertiary/aromatic N) is 1. The summed E-state index contributed by atoms with van der Waals surface area (Å²) in [6, 6.07) is 7.14. The van der Waals surface area contributed by atoms with Gasteiger partial charge in [0.1, 0.15) is 0 Å². The van der Waals surface area contributed by atoms with Gasteiger partial charge in [-0.15, -0.1) is 0 Å². The van der Waals surface area contributed by atoms with E-state index in [1.807, 2.05) is 0 Å². The second kappa shape index (κ2) is 8.16. The maximum absolute atomic E-state index is 11.9. The summed E-state index contributed by atoms with van der Waals surface area (Å²) >= 11 is 0. The fraction of sp³-hybridized carbons (Fsp3) is 0.429. The minimum atomic E-state index is -1.09. The Balaban J connectivity index is 2.62. The van der Waals surface area contributed by atoms with Crippen LogP contribution in [0, 0.1) is 0 Å². The first-order chi connectivity index (χ1) is 9.56. The fourth-order valence-electron chi connectivity index (χ4n) is 1.71. The first-order valence-corrected chi connectivity index (χ1v) is 6.34. The number of urea groups is 1. The minimum Gasteiger partial charge on any atom is -0.479 e. The Kier molecular flexibility index (Phi) is 6.52. The van der Waals surface area contributed by atoms with Gasteiger partial charge in [0.2, 0.25) is 0 Å². The summed E-state index contributed by atoms with van der Waals surface area (Å²) in [5.74, 6) is -1.09. The van der Waals surface area contributed by atoms with E-state index in [4.69, 9.17) is 4.74 Å². The van der Waals surface area contributed by atoms with Crippen LogP contribution in [-0.2, 0) is 9.53 Å². The normalized spacial score (nSPS) is 11.7. The fourth-order valence-corrected chi connectivity index (χ4v) is 1.71. The molecule has 110 valence electrons. The number of amides is 2. The van der Waals surface area contributed by atoms with Gasteiger partial charge in [0, 0.05) is 27.3 Å². The second-order valence-electron chi connectivity index (χ2n) is 4.40. The lowest BCUT2D eigenvalue weighted by Gasteiger charge is -2.21. The smallest absolute Gasteiger partial charge is 0.330 e. The first-order valence-electron chi connectivity index (χ1n) is 6.34. The lowest BCUT2D eigenvalue weighted by molar-refractivity contribution is -0.139. The second-order valence-corrected chi connectivity index (χ2v) is 4.40. The Labute approximate surface area is 118 Å². The van der Waals surface area contributed by atoms with E-state index in [2.05, 4.69) is 5.32 Å². The molecule has 1 unspecified atom stereocenters. The van der Waals surface area contributed by atoms with Crippen LogP contribution in [0.2, 0.25) is 0 Å². The van der Waals surface area contributed by atoms with Crippen LogP contribution in [-0.4, -0.2) is 49.3 Å². The molecule has 2 amide bonds. The summed E-state index contributed by atoms with van der Waals surface area (Å²) in [5.41, 5.74) is 0.540. The molecule has 1 rings (SSSR count). The van der Waals surface area contributed by atoms with E-state index in [-0.39, 0.29) is 0 Å². The maximum atomic E-state index is 11.9. The van der Waals surface area contributed by atoms with Crippen molar-refractivity contribution in [3.05, 3.63) is 35.9 Å². The molecule has 6 nitrogen and oxygen atoms in total. The summed E-state index contributed by atoms with van der Waals surface area (Å²) in [4.78, 5) is 24.6. The van der Waals surface area contributed by atoms with Crippen molar-refractivity contribution in [1.29, 1.82) is 0 Å². The molecule has 0 bridgehead atoms. The zero-order chi connectivity index (χ0) is 15.0. The molecule has 0 aromatic heterocycles. The molecule has 20 heavy (non-hydrogen) atoms. The topological polar surface area (TPSA) is 78.9 Å². The van der Waals surface area contributed by atoms with Crippen LogP contribution in [0.5, 0.6) is 0 Å². The minimum absolute atomic E-state index is 0.419. The molecule has 0 heterocycles. The van der Waals surface area contributed by atoms with Crippen molar-refractivity contribution in [2.24, 2.45) is 0 Å². The summed E-state index contributed by atoms with van der Waals surface area (Å²) in [5, 5.41) is 11.7. The standard InChI is InChI=1S/C14H20N2O4/c1-16(9-6-10-20-2)14(19)15-12(13(17)18)11-7-4-3-5-8-11/h3-5,7-8,12H,6,9-10H2,1-2H3,(H,15,19)(H,17,18). The lowest BCUT2D eigenvalue weighted by Crippen LogP contribution is -2.42. The molecule has 0 aliphatic rings. The summed E-state index contributed by atoms with van der Waals surface area (Å²) in [7, 11) is 3.21. The van der Waals surface area contributed by atoms with Crippen molar-refractivity contribution in [1.82, 2.24) is 10.2 Å². The molecule has 0 aliphatic carbocycles. The van der Waals surface area contributed by atoms with E-state index >= 15 is 0 Å². The molecule has 1 atom stereocenters. The number of rotatable bonds is 7. The first kappa shape index (κ1) is 16.0. The van der Waals surface area contributed by atoms with Gasteiger partial charge in [-0.05, 0) is 12.0 Å². The number of aliphatic carboxylic acids is 1. The van der Waals surface area contributed by atoms with Crippen molar-refractivity contribution in [3.8, 4) is 0 Å². The average molecular weight is 280 g/mol. The largest absolute Gasteiger partial charge is 0.479 e. The monoisotopic (exact) mass is 280 g/mol. The highest BCUT2D eigenvalue weighted by molar-refractivity contribution is 5.83. The van der Waals surface area contributed by atoms with Crippen LogP contribution in [0.3, 0.4) is 0 Å². The highest BCUT2D eigenvalue weighted by Gasteiger charge is 2.23. The molecule has 0 aliphatic heterocycles. The van der Waals surface area contributed by atoms with Crippen LogP contribution >= 0.6 is 0 Å². The van der Waals surface area contributed by atoms with Crippen molar-refractivity contribution in [3.63, 3.8) is 0 Å². The Bertz CT molecular complexity index is 436. The number of carbonyl (C=O) groups excluding carboxylic acids is 1. The van der Waals surface area contributed by atoms with E-state index in [9.17, 15) is 14.7 Å². The number of methoxy groups -OCH3 is 1. The van der Waals surface area contributed by atoms with Crippen molar-refractivity contribution in [2.45, 2.75) is 12.5 Å². The van der Waals surface area contributed by atoms with Crippen LogP contribution < -0.4 is 5.32 Å². The number of ether oxygens (including phenoxy) is 1. The maximum Gasteiger partial charge on any atom is 0.330 e. The molecule has 0 saturated heterocycles. The van der Waals surface area contributed by atoms with Crippen LogP contribution in [0.15, 0.2) is 30.3 Å². The van der Waals surface area contributed by atoms with E-state index in [0.29, 0.717) is 25.1 Å². The SMILES string of the molecule is COCCCN(C)C(=O)NC(C(=O)O)c1ccccc1. The van der Waals surface area contributed by atoms with Crippen LogP contribution in [0.4, 0.5) is 4.79 Å². The predicted octanol–water partition coefficient (Wildman–Crippen LogP) is 1.49. The molecular weight excluding hydrogens is 260 g/mol. The zero-order valence-electron chi connectivity index (χ0n) is 11.7. The molecule has 0 spiro atoms. The van der Waals surface area contributed by atoms with E-state index in [1.165, 1.54) is 4.90 Å². The summed E-state index contributed by atoms with van der Waals surface area (Å²) < 4.78 is 4.91. The molecule has 0 radical (unpaired) electrons. The van der Waals surface area contributed by atoms with Crippen molar-refractivity contribution in [2.75, 3.05) is 27.3 Å². The van der Waals surface area contributed by atoms with Gasteiger partial charge in [-0.2, -0.15) is 0 Å². The van der Waals surface area contributed by atoms with E-state index in [1.54, 1.807) is 44.5 Å². The number of carboxylic acid groups (broad SMARTS) is 1. The number of hydrogen-bond acceptors (Lipinski definition) is 3. The predicted molar refractivity (Wildman–Crippen MR) is 74.5 cm³/mol. The van der Waals surface area contributed by atoms with Gasteiger partial charge < -0.3 is 20.1 Å². The average Bonchev–Trinajstić information content (AvgIpc) is 2.45. The molecule has 0 fully saturated rings. The number of benzene rings is 1. The van der Waals surface area contributed by atoms with Crippen LogP contribution in [0.25, 0.3) is 0 Å². The third-order valence-electron chi connectivity index (χ3n) is 2.84. The van der Waals surface area contributed by atoms with Gasteiger partial charge >= 0.3 is 12.0 Å². The highest BCUT2D eigenvalue weighted by Crippen LogP contribution is 2.13. The number of carboxylic acids is 1. The van der Waals surface area contributed by atoms with Gasteiger partial charge in [-0.25, -0.2) is 9.59 Å². The quantitative estimate of drug-likeness (QED) is 0.742. The lowest BCUT2D eigenvalue weighted by atomic mass is 10.1. The van der Waals surface area contributed by atoms with Crippen molar-refractivity contribution < 1.29 is 19.4 Å².